The van der Waals surface area contributed by atoms with E-state index in [1.165, 1.54) is 19.4 Å². The van der Waals surface area contributed by atoms with Gasteiger partial charge in [-0.3, -0.25) is 9.59 Å². The highest BCUT2D eigenvalue weighted by Crippen LogP contribution is 2.72. The van der Waals surface area contributed by atoms with Crippen molar-refractivity contribution in [3.8, 4) is 0 Å². The summed E-state index contributed by atoms with van der Waals surface area (Å²) in [6, 6.07) is 0. The topological polar surface area (TPSA) is 72.8 Å². The van der Waals surface area contributed by atoms with E-state index < -0.39 is 9.93 Å². The molecule has 3 saturated carbocycles. The van der Waals surface area contributed by atoms with Gasteiger partial charge in [0.25, 0.3) is 0 Å². The van der Waals surface area contributed by atoms with E-state index in [9.17, 15) is 14.7 Å². The van der Waals surface area contributed by atoms with Gasteiger partial charge >= 0.3 is 11.9 Å². The van der Waals surface area contributed by atoms with Crippen LogP contribution in [0.1, 0.15) is 80.1 Å². The van der Waals surface area contributed by atoms with E-state index in [1.54, 1.807) is 0 Å². The summed E-state index contributed by atoms with van der Waals surface area (Å²) in [5, 5.41) is 11.9. The smallest absolute Gasteiger partial charge is 0.303 e. The van der Waals surface area contributed by atoms with E-state index in [2.05, 4.69) is 42.8 Å². The fourth-order valence-corrected chi connectivity index (χ4v) is 9.31. The van der Waals surface area contributed by atoms with Crippen molar-refractivity contribution >= 4 is 27.9 Å². The predicted octanol–water partition coefficient (Wildman–Crippen LogP) is 4.94. The van der Waals surface area contributed by atoms with Gasteiger partial charge in [-0.2, -0.15) is 0 Å². The molecule has 4 rings (SSSR count). The minimum Gasteiger partial charge on any atom is -0.462 e. The van der Waals surface area contributed by atoms with Crippen LogP contribution in [0.15, 0.2) is 11.6 Å². The van der Waals surface area contributed by atoms with Crippen LogP contribution in [0, 0.1) is 28.6 Å². The lowest BCUT2D eigenvalue weighted by atomic mass is 9.41. The molecule has 5 nitrogen and oxygen atoms in total. The van der Waals surface area contributed by atoms with E-state index in [-0.39, 0.29) is 35.0 Å². The number of rotatable bonds is 2. The van der Waals surface area contributed by atoms with Gasteiger partial charge in [0.05, 0.1) is 9.93 Å². The number of esters is 2. The van der Waals surface area contributed by atoms with Gasteiger partial charge < -0.3 is 14.6 Å². The maximum Gasteiger partial charge on any atom is 0.303 e. The van der Waals surface area contributed by atoms with E-state index >= 15 is 0 Å². The van der Waals surface area contributed by atoms with Crippen molar-refractivity contribution in [2.45, 2.75) is 102 Å². The summed E-state index contributed by atoms with van der Waals surface area (Å²) < 4.78 is 10.8. The zero-order valence-corrected chi connectivity index (χ0v) is 21.3. The molecule has 0 aromatic heterocycles. The number of aliphatic hydroxyl groups is 1. The van der Waals surface area contributed by atoms with Crippen molar-refractivity contribution < 1.29 is 24.2 Å². The SMILES string of the molecule is CC(=O)O[C@H]1CC[C@H]2[C@@H]3C[C@@](C)(O)[C@@]4(Br)C[C@@H](OC(C)=O)C=C(C)[C@]4(C)[C@H]3CC[C@]12C. The summed E-state index contributed by atoms with van der Waals surface area (Å²) in [7, 11) is 0. The minimum atomic E-state index is -0.964. The molecule has 0 amide bonds. The number of alkyl halides is 1. The van der Waals surface area contributed by atoms with Crippen LogP contribution in [0.5, 0.6) is 0 Å². The first-order chi connectivity index (χ1) is 14.3. The highest BCUT2D eigenvalue weighted by atomic mass is 79.9. The molecule has 0 radical (unpaired) electrons. The number of hydrogen-bond acceptors (Lipinski definition) is 5. The normalized spacial score (nSPS) is 51.1. The first-order valence-corrected chi connectivity index (χ1v) is 12.5. The Kier molecular flexibility index (Phi) is 5.49. The average molecular weight is 497 g/mol. The highest BCUT2D eigenvalue weighted by molar-refractivity contribution is 9.10. The molecule has 6 heteroatoms. The van der Waals surface area contributed by atoms with E-state index in [0.29, 0.717) is 30.6 Å². The lowest BCUT2D eigenvalue weighted by Crippen LogP contribution is -2.70. The number of hydrogen-bond donors (Lipinski definition) is 1. The minimum absolute atomic E-state index is 0.0271. The highest BCUT2D eigenvalue weighted by Gasteiger charge is 2.71. The van der Waals surface area contributed by atoms with E-state index in [0.717, 1.165) is 25.7 Å². The van der Waals surface area contributed by atoms with E-state index in [1.807, 2.05) is 6.92 Å². The van der Waals surface area contributed by atoms with Crippen LogP contribution in [0.4, 0.5) is 0 Å². The Morgan fingerprint density at radius 3 is 2.29 bits per heavy atom. The van der Waals surface area contributed by atoms with Crippen LogP contribution in [0.2, 0.25) is 0 Å². The lowest BCUT2D eigenvalue weighted by Gasteiger charge is -2.68. The van der Waals surface area contributed by atoms with Crippen molar-refractivity contribution in [2.75, 3.05) is 0 Å². The molecule has 0 spiro atoms. The summed E-state index contributed by atoms with van der Waals surface area (Å²) in [4.78, 5) is 23.4. The molecular weight excluding hydrogens is 460 g/mol. The Balaban J connectivity index is 1.74. The van der Waals surface area contributed by atoms with Gasteiger partial charge in [-0.15, -0.1) is 0 Å². The Morgan fingerprint density at radius 1 is 1.03 bits per heavy atom. The molecule has 0 aromatic carbocycles. The van der Waals surface area contributed by atoms with Crippen molar-refractivity contribution in [3.63, 3.8) is 0 Å². The van der Waals surface area contributed by atoms with Gasteiger partial charge in [-0.1, -0.05) is 35.4 Å². The third-order valence-corrected chi connectivity index (χ3v) is 11.8. The molecule has 0 saturated heterocycles. The van der Waals surface area contributed by atoms with Crippen molar-refractivity contribution in [1.82, 2.24) is 0 Å². The van der Waals surface area contributed by atoms with Crippen LogP contribution in [-0.4, -0.2) is 39.2 Å². The van der Waals surface area contributed by atoms with Crippen LogP contribution < -0.4 is 0 Å². The summed E-state index contributed by atoms with van der Waals surface area (Å²) >= 11 is 4.06. The molecule has 0 aromatic rings. The van der Waals surface area contributed by atoms with Crippen molar-refractivity contribution in [2.24, 2.45) is 28.6 Å². The summed E-state index contributed by atoms with van der Waals surface area (Å²) in [5.41, 5.74) is -0.0566. The molecule has 0 unspecified atom stereocenters. The standard InChI is InChI=1S/C25H37BrO5/c1-14-11-17(30-15(2)27)12-25(26)23(5,29)13-18-19-7-8-21(31-16(3)28)22(19,4)10-9-20(18)24(14,25)6/h11,17-21,29H,7-10,12-13H2,1-6H3/t17-,18-,19-,20-,21-,22-,23+,24+,25-/m0/s1. The molecule has 0 bridgehead atoms. The van der Waals surface area contributed by atoms with Crippen LogP contribution >= 0.6 is 15.9 Å². The number of carbonyl (C=O) groups is 2. The summed E-state index contributed by atoms with van der Waals surface area (Å²) in [6.45, 7) is 11.6. The van der Waals surface area contributed by atoms with Gasteiger partial charge in [0, 0.05) is 31.1 Å². The second-order valence-electron chi connectivity index (χ2n) is 11.3. The maximum absolute atomic E-state index is 11.9. The monoisotopic (exact) mass is 496 g/mol. The molecular formula is C25H37BrO5. The van der Waals surface area contributed by atoms with Gasteiger partial charge in [-0.05, 0) is 69.8 Å². The van der Waals surface area contributed by atoms with Gasteiger partial charge in [0.15, 0.2) is 0 Å². The zero-order chi connectivity index (χ0) is 23.0. The molecule has 0 aliphatic heterocycles. The fraction of sp³-hybridized carbons (Fsp3) is 0.840. The molecule has 4 aliphatic rings. The van der Waals surface area contributed by atoms with Crippen molar-refractivity contribution in [3.05, 3.63) is 11.6 Å². The van der Waals surface area contributed by atoms with Crippen molar-refractivity contribution in [1.29, 1.82) is 0 Å². The molecule has 0 heterocycles. The molecule has 31 heavy (non-hydrogen) atoms. The Labute approximate surface area is 194 Å². The van der Waals surface area contributed by atoms with Crippen LogP contribution in [0.25, 0.3) is 0 Å². The summed E-state index contributed by atoms with van der Waals surface area (Å²) in [6.07, 6.45) is 7.02. The van der Waals surface area contributed by atoms with E-state index in [4.69, 9.17) is 9.47 Å². The third kappa shape index (κ3) is 3.18. The Bertz CT molecular complexity index is 821. The quantitative estimate of drug-likeness (QED) is 0.333. The number of allylic oxidation sites excluding steroid dienone is 1. The zero-order valence-electron chi connectivity index (χ0n) is 19.7. The van der Waals surface area contributed by atoms with Gasteiger partial charge in [-0.25, -0.2) is 0 Å². The maximum atomic E-state index is 11.9. The second-order valence-corrected chi connectivity index (χ2v) is 12.6. The Morgan fingerprint density at radius 2 is 1.68 bits per heavy atom. The number of ether oxygens (including phenoxy) is 2. The number of fused-ring (bicyclic) bond motifs is 5. The van der Waals surface area contributed by atoms with Gasteiger partial charge in [0.2, 0.25) is 0 Å². The predicted molar refractivity (Wildman–Crippen MR) is 122 cm³/mol. The molecule has 3 fully saturated rings. The second kappa shape index (κ2) is 7.31. The first-order valence-electron chi connectivity index (χ1n) is 11.7. The van der Waals surface area contributed by atoms with Crippen LogP contribution in [0.3, 0.4) is 0 Å². The number of halogens is 1. The largest absolute Gasteiger partial charge is 0.462 e. The first kappa shape index (κ1) is 23.3. The Hall–Kier alpha value is -0.880. The molecule has 4 aliphatic carbocycles. The summed E-state index contributed by atoms with van der Waals surface area (Å²) in [5.74, 6) is 0.709. The van der Waals surface area contributed by atoms with Crippen LogP contribution in [-0.2, 0) is 19.1 Å². The number of carbonyl (C=O) groups excluding carboxylic acids is 2. The average Bonchev–Trinajstić information content (AvgIpc) is 2.94. The molecule has 1 N–H and O–H groups in total. The third-order valence-electron chi connectivity index (χ3n) is 9.76. The molecule has 9 atom stereocenters. The fourth-order valence-electron chi connectivity index (χ4n) is 8.22. The molecule has 174 valence electrons. The lowest BCUT2D eigenvalue weighted by molar-refractivity contribution is -0.179. The van der Waals surface area contributed by atoms with Gasteiger partial charge in [0.1, 0.15) is 12.2 Å².